The van der Waals surface area contributed by atoms with Crippen LogP contribution >= 0.6 is 15.6 Å². The molecular formula is C7H16O2P2. The molecular weight excluding hydrogens is 178 g/mol. The van der Waals surface area contributed by atoms with Gasteiger partial charge in [-0.25, -0.2) is 0 Å². The van der Waals surface area contributed by atoms with E-state index in [0.29, 0.717) is 0 Å². The number of hydrogen-bond acceptors (Lipinski definition) is 2. The molecule has 1 rings (SSSR count). The molecule has 0 N–H and O–H groups in total. The fourth-order valence-electron chi connectivity index (χ4n) is 1.35. The lowest BCUT2D eigenvalue weighted by atomic mass is 10.3. The first-order valence-electron chi connectivity index (χ1n) is 4.32. The monoisotopic (exact) mass is 194 g/mol. The highest BCUT2D eigenvalue weighted by molar-refractivity contribution is 7.49. The van der Waals surface area contributed by atoms with E-state index in [0.717, 1.165) is 43.9 Å². The standard InChI is InChI=1S/C7H16O2P2/c8-10-4-2-1-3-5-11(9)7-6-10/h10-11H,1-7H2. The van der Waals surface area contributed by atoms with Crippen LogP contribution in [0.3, 0.4) is 0 Å². The Bertz CT molecular complexity index is 150. The van der Waals surface area contributed by atoms with Gasteiger partial charge in [-0.05, 0) is 25.2 Å². The summed E-state index contributed by atoms with van der Waals surface area (Å²) in [6, 6.07) is 0. The van der Waals surface area contributed by atoms with Crippen molar-refractivity contribution in [1.29, 1.82) is 0 Å². The van der Waals surface area contributed by atoms with Gasteiger partial charge in [0.15, 0.2) is 0 Å². The summed E-state index contributed by atoms with van der Waals surface area (Å²) in [7, 11) is -2.66. The maximum absolute atomic E-state index is 11.2. The zero-order valence-corrected chi connectivity index (χ0v) is 8.77. The summed E-state index contributed by atoms with van der Waals surface area (Å²) in [6.07, 6.45) is 6.62. The molecule has 0 spiro atoms. The third-order valence-electron chi connectivity index (χ3n) is 2.09. The number of rotatable bonds is 0. The Morgan fingerprint density at radius 2 is 1.09 bits per heavy atom. The van der Waals surface area contributed by atoms with Gasteiger partial charge in [0, 0.05) is 12.3 Å². The van der Waals surface area contributed by atoms with Crippen molar-refractivity contribution in [2.75, 3.05) is 24.6 Å². The van der Waals surface area contributed by atoms with Crippen molar-refractivity contribution >= 4 is 15.6 Å². The molecule has 0 amide bonds. The molecule has 1 heterocycles. The minimum absolute atomic E-state index is 0.752. The zero-order valence-electron chi connectivity index (χ0n) is 6.77. The van der Waals surface area contributed by atoms with E-state index < -0.39 is 15.6 Å². The summed E-state index contributed by atoms with van der Waals surface area (Å²) in [4.78, 5) is 0. The molecule has 4 heteroatoms. The summed E-state index contributed by atoms with van der Waals surface area (Å²) in [6.45, 7) is 0. The van der Waals surface area contributed by atoms with Crippen LogP contribution in [0.25, 0.3) is 0 Å². The molecule has 2 unspecified atom stereocenters. The second-order valence-electron chi connectivity index (χ2n) is 3.14. The lowest BCUT2D eigenvalue weighted by Crippen LogP contribution is -1.85. The molecule has 1 saturated heterocycles. The summed E-state index contributed by atoms with van der Waals surface area (Å²) in [5.74, 6) is 0. The fraction of sp³-hybridized carbons (Fsp3) is 1.00. The first-order chi connectivity index (χ1) is 5.29. The lowest BCUT2D eigenvalue weighted by Gasteiger charge is -1.96. The van der Waals surface area contributed by atoms with Gasteiger partial charge in [0.1, 0.15) is 0 Å². The van der Waals surface area contributed by atoms with E-state index in [1.54, 1.807) is 0 Å². The van der Waals surface area contributed by atoms with Gasteiger partial charge in [-0.3, -0.25) is 0 Å². The molecule has 0 aromatic carbocycles. The van der Waals surface area contributed by atoms with Crippen molar-refractivity contribution < 1.29 is 9.13 Å². The van der Waals surface area contributed by atoms with Gasteiger partial charge in [-0.15, -0.1) is 0 Å². The summed E-state index contributed by atoms with van der Waals surface area (Å²) >= 11 is 0. The molecule has 0 aromatic heterocycles. The van der Waals surface area contributed by atoms with Crippen LogP contribution in [0.4, 0.5) is 0 Å². The molecule has 0 saturated carbocycles. The maximum atomic E-state index is 11.2. The zero-order chi connectivity index (χ0) is 8.10. The predicted octanol–water partition coefficient (Wildman–Crippen LogP) is 2.29. The average molecular weight is 194 g/mol. The Kier molecular flexibility index (Phi) is 4.48. The van der Waals surface area contributed by atoms with Gasteiger partial charge in [-0.2, -0.15) is 0 Å². The first kappa shape index (κ1) is 9.55. The second-order valence-corrected chi connectivity index (χ2v) is 7.29. The van der Waals surface area contributed by atoms with E-state index in [1.165, 1.54) is 0 Å². The molecule has 1 aliphatic heterocycles. The molecule has 2 atom stereocenters. The molecule has 0 radical (unpaired) electrons. The SMILES string of the molecule is O=[PH]1CCCCC[PH](=O)CC1. The van der Waals surface area contributed by atoms with E-state index in [2.05, 4.69) is 0 Å². The van der Waals surface area contributed by atoms with Gasteiger partial charge in [-0.1, -0.05) is 6.42 Å². The topological polar surface area (TPSA) is 34.1 Å². The van der Waals surface area contributed by atoms with Gasteiger partial charge in [0.2, 0.25) is 0 Å². The minimum Gasteiger partial charge on any atom is -0.327 e. The van der Waals surface area contributed by atoms with Crippen LogP contribution in [0, 0.1) is 0 Å². The van der Waals surface area contributed by atoms with Crippen LogP contribution in [0.15, 0.2) is 0 Å². The smallest absolute Gasteiger partial charge is 0.0766 e. The van der Waals surface area contributed by atoms with Crippen molar-refractivity contribution in [2.24, 2.45) is 0 Å². The quantitative estimate of drug-likeness (QED) is 0.554. The molecule has 11 heavy (non-hydrogen) atoms. The number of hydrogen-bond donors (Lipinski definition) is 0. The van der Waals surface area contributed by atoms with E-state index in [4.69, 9.17) is 0 Å². The largest absolute Gasteiger partial charge is 0.327 e. The Balaban J connectivity index is 2.37. The molecule has 1 fully saturated rings. The van der Waals surface area contributed by atoms with E-state index in [-0.39, 0.29) is 0 Å². The van der Waals surface area contributed by atoms with E-state index in [9.17, 15) is 9.13 Å². The van der Waals surface area contributed by atoms with E-state index >= 15 is 0 Å². The molecule has 0 aliphatic carbocycles. The first-order valence-corrected chi connectivity index (χ1v) is 7.97. The van der Waals surface area contributed by atoms with Gasteiger partial charge in [0.05, 0.1) is 15.6 Å². The maximum Gasteiger partial charge on any atom is 0.0766 e. The molecule has 1 aliphatic rings. The van der Waals surface area contributed by atoms with Crippen molar-refractivity contribution in [3.05, 3.63) is 0 Å². The van der Waals surface area contributed by atoms with Crippen LogP contribution in [0.2, 0.25) is 0 Å². The van der Waals surface area contributed by atoms with Crippen molar-refractivity contribution in [1.82, 2.24) is 0 Å². The highest BCUT2D eigenvalue weighted by Gasteiger charge is 2.07. The Labute approximate surface area is 69.3 Å². The fourth-order valence-corrected chi connectivity index (χ4v) is 5.37. The summed E-state index contributed by atoms with van der Waals surface area (Å²) in [5.41, 5.74) is 0. The Hall–Kier alpha value is 0.460. The predicted molar refractivity (Wildman–Crippen MR) is 51.3 cm³/mol. The third kappa shape index (κ3) is 4.13. The van der Waals surface area contributed by atoms with Crippen molar-refractivity contribution in [2.45, 2.75) is 19.3 Å². The summed E-state index contributed by atoms with van der Waals surface area (Å²) in [5, 5.41) is 0. The van der Waals surface area contributed by atoms with Crippen LogP contribution in [-0.2, 0) is 9.13 Å². The molecule has 0 bridgehead atoms. The van der Waals surface area contributed by atoms with Gasteiger partial charge in [0.25, 0.3) is 0 Å². The van der Waals surface area contributed by atoms with Crippen molar-refractivity contribution in [3.63, 3.8) is 0 Å². The van der Waals surface area contributed by atoms with Crippen LogP contribution in [0.5, 0.6) is 0 Å². The van der Waals surface area contributed by atoms with Crippen LogP contribution in [0.1, 0.15) is 19.3 Å². The highest BCUT2D eigenvalue weighted by atomic mass is 31.1. The summed E-state index contributed by atoms with van der Waals surface area (Å²) < 4.78 is 22.4. The van der Waals surface area contributed by atoms with Crippen molar-refractivity contribution in [3.8, 4) is 0 Å². The third-order valence-corrected chi connectivity index (χ3v) is 6.03. The van der Waals surface area contributed by atoms with Gasteiger partial charge < -0.3 is 9.13 Å². The average Bonchev–Trinajstić information content (AvgIpc) is 2.06. The Morgan fingerprint density at radius 3 is 1.55 bits per heavy atom. The minimum atomic E-state index is -1.33. The van der Waals surface area contributed by atoms with Gasteiger partial charge >= 0.3 is 0 Å². The normalized spacial score (nSPS) is 35.3. The van der Waals surface area contributed by atoms with Crippen LogP contribution < -0.4 is 0 Å². The lowest BCUT2D eigenvalue weighted by molar-refractivity contribution is 0.583. The Morgan fingerprint density at radius 1 is 0.636 bits per heavy atom. The molecule has 66 valence electrons. The molecule has 0 aromatic rings. The second kappa shape index (κ2) is 5.17. The van der Waals surface area contributed by atoms with E-state index in [1.807, 2.05) is 0 Å². The molecule has 2 nitrogen and oxygen atoms in total. The van der Waals surface area contributed by atoms with Crippen LogP contribution in [-0.4, -0.2) is 24.6 Å². The highest BCUT2D eigenvalue weighted by Crippen LogP contribution is 2.32.